The van der Waals surface area contributed by atoms with Crippen LogP contribution in [0.25, 0.3) is 0 Å². The summed E-state index contributed by atoms with van der Waals surface area (Å²) in [5.74, 6) is -2.89. The highest BCUT2D eigenvalue weighted by Crippen LogP contribution is 2.18. The third-order valence-electron chi connectivity index (χ3n) is 2.28. The number of carboxylic acid groups (broad SMARTS) is 1. The second-order valence-corrected chi connectivity index (χ2v) is 3.62. The maximum absolute atomic E-state index is 13.4. The van der Waals surface area contributed by atoms with E-state index in [0.717, 1.165) is 6.07 Å². The first kappa shape index (κ1) is 12.7. The number of nitrogens with zero attached hydrogens (tertiary/aromatic N) is 3. The van der Waals surface area contributed by atoms with Gasteiger partial charge in [0.15, 0.2) is 0 Å². The van der Waals surface area contributed by atoms with Crippen LogP contribution in [0.1, 0.15) is 10.4 Å². The van der Waals surface area contributed by atoms with Crippen molar-refractivity contribution >= 4 is 17.6 Å². The lowest BCUT2D eigenvalue weighted by atomic mass is 10.1. The highest BCUT2D eigenvalue weighted by atomic mass is 19.1. The van der Waals surface area contributed by atoms with Crippen LogP contribution in [0.5, 0.6) is 0 Å². The Kier molecular flexibility index (Phi) is 3.51. The van der Waals surface area contributed by atoms with Crippen LogP contribution in [-0.2, 0) is 11.3 Å². The molecule has 0 atom stereocenters. The molecule has 19 heavy (non-hydrogen) atoms. The fraction of sp³-hybridized carbons (Fsp3) is 0.0909. The Bertz CT molecular complexity index is 612. The Morgan fingerprint density at radius 2 is 2.21 bits per heavy atom. The van der Waals surface area contributed by atoms with Gasteiger partial charge in [-0.1, -0.05) is 11.3 Å². The zero-order chi connectivity index (χ0) is 13.8. The van der Waals surface area contributed by atoms with Crippen LogP contribution in [0.4, 0.5) is 10.1 Å². The molecule has 2 N–H and O–H groups in total. The molecule has 0 aliphatic heterocycles. The first-order valence-electron chi connectivity index (χ1n) is 5.23. The lowest BCUT2D eigenvalue weighted by molar-refractivity contribution is -0.116. The molecular formula is C11H9FN4O3. The number of anilines is 1. The van der Waals surface area contributed by atoms with Crippen molar-refractivity contribution in [2.24, 2.45) is 0 Å². The maximum atomic E-state index is 13.4. The third-order valence-corrected chi connectivity index (χ3v) is 2.28. The Hall–Kier alpha value is -2.77. The monoisotopic (exact) mass is 264 g/mol. The van der Waals surface area contributed by atoms with Crippen molar-refractivity contribution in [1.82, 2.24) is 15.0 Å². The summed E-state index contributed by atoms with van der Waals surface area (Å²) in [5.41, 5.74) is -0.674. The van der Waals surface area contributed by atoms with Gasteiger partial charge in [0, 0.05) is 6.20 Å². The molecule has 1 amide bonds. The second kappa shape index (κ2) is 5.25. The zero-order valence-electron chi connectivity index (χ0n) is 9.58. The molecule has 0 saturated heterocycles. The van der Waals surface area contributed by atoms with E-state index in [9.17, 15) is 14.0 Å². The van der Waals surface area contributed by atoms with Crippen molar-refractivity contribution in [3.8, 4) is 0 Å². The molecule has 8 heteroatoms. The third kappa shape index (κ3) is 2.92. The van der Waals surface area contributed by atoms with Gasteiger partial charge in [-0.15, -0.1) is 5.10 Å². The summed E-state index contributed by atoms with van der Waals surface area (Å²) in [5, 5.41) is 18.3. The summed E-state index contributed by atoms with van der Waals surface area (Å²) >= 11 is 0. The molecule has 0 aliphatic carbocycles. The van der Waals surface area contributed by atoms with E-state index in [1.165, 1.54) is 29.2 Å². The molecule has 0 bridgehead atoms. The van der Waals surface area contributed by atoms with Crippen molar-refractivity contribution in [2.45, 2.75) is 6.54 Å². The first-order chi connectivity index (χ1) is 9.08. The van der Waals surface area contributed by atoms with E-state index >= 15 is 0 Å². The number of carboxylic acids is 1. The average molecular weight is 264 g/mol. The van der Waals surface area contributed by atoms with Crippen LogP contribution in [0.15, 0.2) is 30.6 Å². The summed E-state index contributed by atoms with van der Waals surface area (Å²) in [6, 6.07) is 3.63. The Labute approximate surface area is 106 Å². The minimum absolute atomic E-state index is 0.0994. The predicted octanol–water partition coefficient (Wildman–Crippen LogP) is 0.754. The van der Waals surface area contributed by atoms with E-state index in [1.54, 1.807) is 0 Å². The van der Waals surface area contributed by atoms with Crippen molar-refractivity contribution in [2.75, 3.05) is 5.32 Å². The van der Waals surface area contributed by atoms with E-state index in [0.29, 0.717) is 0 Å². The van der Waals surface area contributed by atoms with Crippen molar-refractivity contribution in [1.29, 1.82) is 0 Å². The summed E-state index contributed by atoms with van der Waals surface area (Å²) in [6.45, 7) is -0.143. The lowest BCUT2D eigenvalue weighted by Crippen LogP contribution is -2.21. The largest absolute Gasteiger partial charge is 0.478 e. The van der Waals surface area contributed by atoms with Crippen LogP contribution < -0.4 is 5.32 Å². The number of benzene rings is 1. The van der Waals surface area contributed by atoms with Gasteiger partial charge in [-0.2, -0.15) is 0 Å². The number of hydrogen-bond acceptors (Lipinski definition) is 4. The number of rotatable bonds is 4. The Balaban J connectivity index is 2.17. The quantitative estimate of drug-likeness (QED) is 0.849. The van der Waals surface area contributed by atoms with Gasteiger partial charge in [0.25, 0.3) is 0 Å². The van der Waals surface area contributed by atoms with Crippen LogP contribution >= 0.6 is 0 Å². The number of halogens is 1. The molecule has 0 radical (unpaired) electrons. The number of carbonyl (C=O) groups excluding carboxylic acids is 1. The molecule has 2 rings (SSSR count). The maximum Gasteiger partial charge on any atom is 0.340 e. The smallest absolute Gasteiger partial charge is 0.340 e. The van der Waals surface area contributed by atoms with Crippen molar-refractivity contribution < 1.29 is 19.1 Å². The van der Waals surface area contributed by atoms with E-state index < -0.39 is 23.3 Å². The minimum atomic E-state index is -1.45. The molecule has 1 aromatic carbocycles. The van der Waals surface area contributed by atoms with E-state index in [-0.39, 0.29) is 12.2 Å². The predicted molar refractivity (Wildman–Crippen MR) is 62.0 cm³/mol. The molecule has 7 nitrogen and oxygen atoms in total. The van der Waals surface area contributed by atoms with Crippen molar-refractivity contribution in [3.05, 3.63) is 42.0 Å². The number of aromatic carboxylic acids is 1. The van der Waals surface area contributed by atoms with Gasteiger partial charge in [-0.05, 0) is 12.1 Å². The molecule has 0 unspecified atom stereocenters. The molecule has 98 valence electrons. The summed E-state index contributed by atoms with van der Waals surface area (Å²) in [6.07, 6.45) is 2.88. The summed E-state index contributed by atoms with van der Waals surface area (Å²) in [7, 11) is 0. The van der Waals surface area contributed by atoms with Gasteiger partial charge in [0.1, 0.15) is 17.9 Å². The molecule has 0 aliphatic rings. The van der Waals surface area contributed by atoms with E-state index in [1.807, 2.05) is 0 Å². The van der Waals surface area contributed by atoms with Crippen LogP contribution in [-0.4, -0.2) is 32.0 Å². The Morgan fingerprint density at radius 1 is 1.42 bits per heavy atom. The topological polar surface area (TPSA) is 97.1 Å². The number of hydrogen-bond donors (Lipinski definition) is 2. The standard InChI is InChI=1S/C11H9FN4O3/c12-7-2-1-3-8(10(7)11(18)19)14-9(17)6-16-5-4-13-15-16/h1-5H,6H2,(H,14,17)(H,18,19). The van der Waals surface area contributed by atoms with Gasteiger partial charge < -0.3 is 10.4 Å². The molecule has 0 fully saturated rings. The number of amides is 1. The number of carbonyl (C=O) groups is 2. The number of nitrogens with one attached hydrogen (secondary N) is 1. The van der Waals surface area contributed by atoms with Gasteiger partial charge in [0.2, 0.25) is 5.91 Å². The molecule has 2 aromatic rings. The van der Waals surface area contributed by atoms with E-state index in [2.05, 4.69) is 15.6 Å². The Morgan fingerprint density at radius 3 is 2.84 bits per heavy atom. The van der Waals surface area contributed by atoms with Crippen LogP contribution in [0.2, 0.25) is 0 Å². The number of aromatic nitrogens is 3. The first-order valence-corrected chi connectivity index (χ1v) is 5.23. The molecule has 0 saturated carbocycles. The van der Waals surface area contributed by atoms with Crippen molar-refractivity contribution in [3.63, 3.8) is 0 Å². The van der Waals surface area contributed by atoms with Crippen LogP contribution in [0, 0.1) is 5.82 Å². The van der Waals surface area contributed by atoms with Crippen LogP contribution in [0.3, 0.4) is 0 Å². The minimum Gasteiger partial charge on any atom is -0.478 e. The zero-order valence-corrected chi connectivity index (χ0v) is 9.58. The normalized spacial score (nSPS) is 10.2. The van der Waals surface area contributed by atoms with Gasteiger partial charge in [-0.25, -0.2) is 13.9 Å². The summed E-state index contributed by atoms with van der Waals surface area (Å²) < 4.78 is 14.6. The summed E-state index contributed by atoms with van der Waals surface area (Å²) in [4.78, 5) is 22.6. The molecule has 1 aromatic heterocycles. The molecule has 1 heterocycles. The lowest BCUT2D eigenvalue weighted by Gasteiger charge is -2.08. The van der Waals surface area contributed by atoms with Gasteiger partial charge in [-0.3, -0.25) is 4.79 Å². The average Bonchev–Trinajstić information content (AvgIpc) is 2.81. The molecular weight excluding hydrogens is 255 g/mol. The molecule has 0 spiro atoms. The SMILES string of the molecule is O=C(Cn1ccnn1)Nc1cccc(F)c1C(=O)O. The van der Waals surface area contributed by atoms with Gasteiger partial charge in [0.05, 0.1) is 11.9 Å². The second-order valence-electron chi connectivity index (χ2n) is 3.62. The highest BCUT2D eigenvalue weighted by Gasteiger charge is 2.17. The van der Waals surface area contributed by atoms with Gasteiger partial charge >= 0.3 is 5.97 Å². The fourth-order valence-corrected chi connectivity index (χ4v) is 1.50. The highest BCUT2D eigenvalue weighted by molar-refractivity contribution is 6.00. The fourth-order valence-electron chi connectivity index (χ4n) is 1.50. The van der Waals surface area contributed by atoms with E-state index in [4.69, 9.17) is 5.11 Å².